The normalized spacial score (nSPS) is 10.4. The van der Waals surface area contributed by atoms with Crippen LogP contribution in [-0.4, -0.2) is 21.2 Å². The Balaban J connectivity index is 2.23. The van der Waals surface area contributed by atoms with Crippen molar-refractivity contribution in [3.8, 4) is 5.69 Å². The summed E-state index contributed by atoms with van der Waals surface area (Å²) in [7, 11) is 0. The molecule has 0 fully saturated rings. The van der Waals surface area contributed by atoms with Crippen molar-refractivity contribution < 1.29 is 4.92 Å². The van der Waals surface area contributed by atoms with Crippen molar-refractivity contribution in [2.45, 2.75) is 6.42 Å². The average molecular weight is 232 g/mol. The van der Waals surface area contributed by atoms with Crippen LogP contribution in [0.5, 0.6) is 0 Å². The number of rotatable bonds is 4. The largest absolute Gasteiger partial charge is 0.330 e. The maximum atomic E-state index is 10.5. The Morgan fingerprint density at radius 2 is 2.06 bits per heavy atom. The predicted molar refractivity (Wildman–Crippen MR) is 63.0 cm³/mol. The molecule has 0 aliphatic carbocycles. The van der Waals surface area contributed by atoms with Crippen LogP contribution in [0.1, 0.15) is 5.56 Å². The van der Waals surface area contributed by atoms with E-state index in [1.807, 2.05) is 6.20 Å². The summed E-state index contributed by atoms with van der Waals surface area (Å²) >= 11 is 0. The number of nitrogens with zero attached hydrogens (tertiary/aromatic N) is 3. The fourth-order valence-corrected chi connectivity index (χ4v) is 1.52. The first kappa shape index (κ1) is 11.3. The molecule has 2 aromatic rings. The molecule has 1 aromatic heterocycles. The lowest BCUT2D eigenvalue weighted by Gasteiger charge is -1.99. The molecule has 17 heavy (non-hydrogen) atoms. The van der Waals surface area contributed by atoms with Crippen LogP contribution in [-0.2, 0) is 6.42 Å². The molecule has 6 heteroatoms. The van der Waals surface area contributed by atoms with Gasteiger partial charge in [0, 0.05) is 18.3 Å². The third kappa shape index (κ3) is 2.48. The lowest BCUT2D eigenvalue weighted by molar-refractivity contribution is -0.384. The Morgan fingerprint density at radius 3 is 2.65 bits per heavy atom. The number of aromatic nitrogens is 2. The Hall–Kier alpha value is -2.21. The third-order valence-electron chi connectivity index (χ3n) is 2.39. The zero-order valence-electron chi connectivity index (χ0n) is 9.11. The van der Waals surface area contributed by atoms with Gasteiger partial charge in [-0.1, -0.05) is 0 Å². The minimum atomic E-state index is -0.424. The quantitative estimate of drug-likeness (QED) is 0.635. The molecule has 1 heterocycles. The monoisotopic (exact) mass is 232 g/mol. The first-order chi connectivity index (χ1) is 8.20. The van der Waals surface area contributed by atoms with Gasteiger partial charge in [-0.2, -0.15) is 5.10 Å². The highest BCUT2D eigenvalue weighted by atomic mass is 16.6. The van der Waals surface area contributed by atoms with Gasteiger partial charge in [-0.05, 0) is 30.7 Å². The second kappa shape index (κ2) is 4.75. The molecule has 0 radical (unpaired) electrons. The van der Waals surface area contributed by atoms with Crippen LogP contribution in [0.25, 0.3) is 5.69 Å². The van der Waals surface area contributed by atoms with Crippen molar-refractivity contribution in [2.24, 2.45) is 5.73 Å². The second-order valence-electron chi connectivity index (χ2n) is 3.61. The number of hydrogen-bond donors (Lipinski definition) is 1. The Labute approximate surface area is 97.8 Å². The lowest BCUT2D eigenvalue weighted by atomic mass is 10.2. The van der Waals surface area contributed by atoms with Gasteiger partial charge < -0.3 is 5.73 Å². The standard InChI is InChI=1S/C11H12N4O2/c12-6-5-9-7-13-14(8-9)10-1-3-11(4-2-10)15(16)17/h1-4,7-8H,5-6,12H2. The molecule has 6 nitrogen and oxygen atoms in total. The van der Waals surface area contributed by atoms with E-state index in [0.29, 0.717) is 6.54 Å². The van der Waals surface area contributed by atoms with E-state index in [9.17, 15) is 10.1 Å². The molecule has 0 aliphatic heterocycles. The molecule has 1 aromatic carbocycles. The molecule has 0 bridgehead atoms. The Kier molecular flexibility index (Phi) is 3.15. The SMILES string of the molecule is NCCc1cnn(-c2ccc([N+](=O)[O-])cc2)c1. The highest BCUT2D eigenvalue weighted by Crippen LogP contribution is 2.15. The summed E-state index contributed by atoms with van der Waals surface area (Å²) < 4.78 is 1.68. The number of nitro groups is 1. The van der Waals surface area contributed by atoms with Crippen LogP contribution in [0.2, 0.25) is 0 Å². The van der Waals surface area contributed by atoms with Gasteiger partial charge in [-0.25, -0.2) is 4.68 Å². The van der Waals surface area contributed by atoms with Gasteiger partial charge in [0.05, 0.1) is 16.8 Å². The van der Waals surface area contributed by atoms with Crippen molar-refractivity contribution in [1.29, 1.82) is 0 Å². The van der Waals surface area contributed by atoms with Crippen LogP contribution >= 0.6 is 0 Å². The minimum Gasteiger partial charge on any atom is -0.330 e. The van der Waals surface area contributed by atoms with Crippen LogP contribution in [0, 0.1) is 10.1 Å². The summed E-state index contributed by atoms with van der Waals surface area (Å²) in [5.41, 5.74) is 7.36. The van der Waals surface area contributed by atoms with Gasteiger partial charge in [0.1, 0.15) is 0 Å². The number of nitro benzene ring substituents is 1. The molecule has 0 saturated heterocycles. The van der Waals surface area contributed by atoms with Crippen molar-refractivity contribution in [3.63, 3.8) is 0 Å². The predicted octanol–water partition coefficient (Wildman–Crippen LogP) is 1.28. The zero-order chi connectivity index (χ0) is 12.3. The van der Waals surface area contributed by atoms with E-state index in [1.165, 1.54) is 12.1 Å². The first-order valence-electron chi connectivity index (χ1n) is 5.19. The maximum absolute atomic E-state index is 10.5. The third-order valence-corrected chi connectivity index (χ3v) is 2.39. The molecule has 0 unspecified atom stereocenters. The highest BCUT2D eigenvalue weighted by molar-refractivity contribution is 5.40. The number of non-ortho nitro benzene ring substituents is 1. The van der Waals surface area contributed by atoms with E-state index in [4.69, 9.17) is 5.73 Å². The molecule has 88 valence electrons. The van der Waals surface area contributed by atoms with Crippen LogP contribution in [0.4, 0.5) is 5.69 Å². The van der Waals surface area contributed by atoms with E-state index in [-0.39, 0.29) is 5.69 Å². The summed E-state index contributed by atoms with van der Waals surface area (Å²) in [6.07, 6.45) is 4.38. The van der Waals surface area contributed by atoms with Crippen molar-refractivity contribution >= 4 is 5.69 Å². The maximum Gasteiger partial charge on any atom is 0.269 e. The van der Waals surface area contributed by atoms with Crippen molar-refractivity contribution in [1.82, 2.24) is 9.78 Å². The van der Waals surface area contributed by atoms with Gasteiger partial charge in [-0.15, -0.1) is 0 Å². The zero-order valence-corrected chi connectivity index (χ0v) is 9.11. The van der Waals surface area contributed by atoms with Crippen LogP contribution in [0.3, 0.4) is 0 Å². The molecule has 0 amide bonds. The molecule has 0 atom stereocenters. The van der Waals surface area contributed by atoms with Crippen molar-refractivity contribution in [2.75, 3.05) is 6.54 Å². The van der Waals surface area contributed by atoms with E-state index in [2.05, 4.69) is 5.10 Å². The highest BCUT2D eigenvalue weighted by Gasteiger charge is 2.05. The smallest absolute Gasteiger partial charge is 0.269 e. The van der Waals surface area contributed by atoms with Gasteiger partial charge in [0.2, 0.25) is 0 Å². The molecule has 0 spiro atoms. The molecule has 2 rings (SSSR count). The summed E-state index contributed by atoms with van der Waals surface area (Å²) in [5.74, 6) is 0. The first-order valence-corrected chi connectivity index (χ1v) is 5.19. The van der Waals surface area contributed by atoms with Gasteiger partial charge >= 0.3 is 0 Å². The molecular weight excluding hydrogens is 220 g/mol. The van der Waals surface area contributed by atoms with Gasteiger partial charge in [0.15, 0.2) is 0 Å². The van der Waals surface area contributed by atoms with Crippen LogP contribution < -0.4 is 5.73 Å². The molecule has 0 saturated carbocycles. The average Bonchev–Trinajstić information content (AvgIpc) is 2.78. The van der Waals surface area contributed by atoms with Crippen molar-refractivity contribution in [3.05, 3.63) is 52.3 Å². The lowest BCUT2D eigenvalue weighted by Crippen LogP contribution is -2.01. The Bertz CT molecular complexity index is 519. The van der Waals surface area contributed by atoms with E-state index >= 15 is 0 Å². The van der Waals surface area contributed by atoms with Gasteiger partial charge in [0.25, 0.3) is 5.69 Å². The second-order valence-corrected chi connectivity index (χ2v) is 3.61. The molecular formula is C11H12N4O2. The summed E-state index contributed by atoms with van der Waals surface area (Å²) in [6, 6.07) is 6.24. The molecule has 0 aliphatic rings. The topological polar surface area (TPSA) is 87.0 Å². The summed E-state index contributed by atoms with van der Waals surface area (Å²) in [5, 5.41) is 14.7. The fraction of sp³-hybridized carbons (Fsp3) is 0.182. The van der Waals surface area contributed by atoms with E-state index in [1.54, 1.807) is 23.0 Å². The molecule has 2 N–H and O–H groups in total. The number of benzene rings is 1. The van der Waals surface area contributed by atoms with E-state index in [0.717, 1.165) is 17.7 Å². The number of nitrogens with two attached hydrogens (primary N) is 1. The Morgan fingerprint density at radius 1 is 1.35 bits per heavy atom. The summed E-state index contributed by atoms with van der Waals surface area (Å²) in [4.78, 5) is 10.1. The van der Waals surface area contributed by atoms with Gasteiger partial charge in [-0.3, -0.25) is 10.1 Å². The van der Waals surface area contributed by atoms with E-state index < -0.39 is 4.92 Å². The van der Waals surface area contributed by atoms with Crippen LogP contribution in [0.15, 0.2) is 36.7 Å². The summed E-state index contributed by atoms with van der Waals surface area (Å²) in [6.45, 7) is 0.575. The fourth-order valence-electron chi connectivity index (χ4n) is 1.52. The number of hydrogen-bond acceptors (Lipinski definition) is 4. The minimum absolute atomic E-state index is 0.0723.